The van der Waals surface area contributed by atoms with Crippen molar-refractivity contribution < 1.29 is 14.8 Å². The first-order chi connectivity index (χ1) is 8.88. The van der Waals surface area contributed by atoms with Gasteiger partial charge in [-0.25, -0.2) is 9.78 Å². The second-order valence-corrected chi connectivity index (χ2v) is 4.16. The first-order valence-electron chi connectivity index (χ1n) is 5.63. The van der Waals surface area contributed by atoms with E-state index < -0.39 is 16.6 Å². The monoisotopic (exact) mass is 265 g/mol. The predicted octanol–water partition coefficient (Wildman–Crippen LogP) is 2.09. The second-order valence-electron chi connectivity index (χ2n) is 4.16. The van der Waals surface area contributed by atoms with Crippen LogP contribution in [0.5, 0.6) is 0 Å². The lowest BCUT2D eigenvalue weighted by molar-refractivity contribution is -0.385. The quantitative estimate of drug-likeness (QED) is 0.480. The van der Waals surface area contributed by atoms with Gasteiger partial charge in [0.05, 0.1) is 4.92 Å². The highest BCUT2D eigenvalue weighted by atomic mass is 16.6. The Morgan fingerprint density at radius 2 is 2.32 bits per heavy atom. The van der Waals surface area contributed by atoms with Crippen LogP contribution in [-0.4, -0.2) is 33.6 Å². The number of nitro groups is 1. The smallest absolute Gasteiger partial charge is 0.342 e. The summed E-state index contributed by atoms with van der Waals surface area (Å²) < 4.78 is 0. The van der Waals surface area contributed by atoms with Crippen molar-refractivity contribution in [1.29, 1.82) is 0 Å². The lowest BCUT2D eigenvalue weighted by Crippen LogP contribution is -2.31. The molecule has 7 nitrogen and oxygen atoms in total. The molecule has 0 aromatic carbocycles. The third-order valence-electron chi connectivity index (χ3n) is 2.54. The number of aromatic nitrogens is 1. The van der Waals surface area contributed by atoms with Gasteiger partial charge < -0.3 is 10.0 Å². The van der Waals surface area contributed by atoms with E-state index in [0.29, 0.717) is 12.4 Å². The van der Waals surface area contributed by atoms with Gasteiger partial charge in [-0.3, -0.25) is 10.1 Å². The number of rotatable bonds is 6. The molecule has 0 spiro atoms. The molecule has 1 rings (SSSR count). The highest BCUT2D eigenvalue weighted by Crippen LogP contribution is 2.23. The van der Waals surface area contributed by atoms with Crippen LogP contribution in [-0.2, 0) is 0 Å². The number of hydrogen-bond donors (Lipinski definition) is 1. The van der Waals surface area contributed by atoms with E-state index in [1.54, 1.807) is 11.0 Å². The van der Waals surface area contributed by atoms with Crippen LogP contribution in [0.3, 0.4) is 0 Å². The van der Waals surface area contributed by atoms with Gasteiger partial charge in [0.15, 0.2) is 0 Å². The number of anilines is 1. The molecule has 0 bridgehead atoms. The van der Waals surface area contributed by atoms with Gasteiger partial charge in [-0.2, -0.15) is 0 Å². The van der Waals surface area contributed by atoms with Gasteiger partial charge in [0, 0.05) is 18.7 Å². The van der Waals surface area contributed by atoms with E-state index in [1.165, 1.54) is 6.07 Å². The lowest BCUT2D eigenvalue weighted by Gasteiger charge is -2.26. The van der Waals surface area contributed by atoms with Crippen LogP contribution in [0.1, 0.15) is 24.2 Å². The van der Waals surface area contributed by atoms with Gasteiger partial charge in [-0.15, -0.1) is 6.58 Å². The zero-order valence-corrected chi connectivity index (χ0v) is 10.7. The first-order valence-corrected chi connectivity index (χ1v) is 5.63. The third kappa shape index (κ3) is 3.27. The van der Waals surface area contributed by atoms with Crippen LogP contribution in [0.2, 0.25) is 0 Å². The van der Waals surface area contributed by atoms with Crippen molar-refractivity contribution in [2.75, 3.05) is 11.4 Å². The SMILES string of the molecule is C=CCN(c1cc(C(=O)O)c([N+](=O)[O-])cn1)C(C)C. The average Bonchev–Trinajstić information content (AvgIpc) is 2.34. The third-order valence-corrected chi connectivity index (χ3v) is 2.54. The number of hydrogen-bond acceptors (Lipinski definition) is 5. The minimum atomic E-state index is -1.35. The molecule has 0 amide bonds. The minimum absolute atomic E-state index is 0.0635. The summed E-state index contributed by atoms with van der Waals surface area (Å²) in [5.74, 6) is -0.976. The van der Waals surface area contributed by atoms with E-state index >= 15 is 0 Å². The molecule has 0 aliphatic carbocycles. The summed E-state index contributed by atoms with van der Waals surface area (Å²) in [6.07, 6.45) is 2.63. The predicted molar refractivity (Wildman–Crippen MR) is 70.5 cm³/mol. The molecule has 0 saturated carbocycles. The summed E-state index contributed by atoms with van der Waals surface area (Å²) in [7, 11) is 0. The molecule has 0 radical (unpaired) electrons. The van der Waals surface area contributed by atoms with E-state index in [-0.39, 0.29) is 11.6 Å². The van der Waals surface area contributed by atoms with Crippen LogP contribution < -0.4 is 4.90 Å². The molecule has 19 heavy (non-hydrogen) atoms. The van der Waals surface area contributed by atoms with Crippen LogP contribution >= 0.6 is 0 Å². The van der Waals surface area contributed by atoms with Crippen molar-refractivity contribution in [3.05, 3.63) is 40.6 Å². The fourth-order valence-electron chi connectivity index (χ4n) is 1.62. The Kier molecular flexibility index (Phi) is 4.57. The van der Waals surface area contributed by atoms with E-state index in [9.17, 15) is 14.9 Å². The Morgan fingerprint density at radius 3 is 2.74 bits per heavy atom. The number of aromatic carboxylic acids is 1. The Labute approximate surface area is 110 Å². The molecule has 1 aromatic heterocycles. The molecule has 1 heterocycles. The number of nitrogens with zero attached hydrogens (tertiary/aromatic N) is 3. The zero-order valence-electron chi connectivity index (χ0n) is 10.7. The standard InChI is InChI=1S/C12H15N3O4/c1-4-5-14(8(2)3)11-6-9(12(16)17)10(7-13-11)15(18)19/h4,6-8H,1,5H2,2-3H3,(H,16,17). The lowest BCUT2D eigenvalue weighted by atomic mass is 10.2. The van der Waals surface area contributed by atoms with E-state index in [4.69, 9.17) is 5.11 Å². The van der Waals surface area contributed by atoms with Crippen molar-refractivity contribution in [3.63, 3.8) is 0 Å². The molecule has 1 aromatic rings. The number of pyridine rings is 1. The molecule has 7 heteroatoms. The summed E-state index contributed by atoms with van der Waals surface area (Å²) in [4.78, 5) is 26.8. The fraction of sp³-hybridized carbons (Fsp3) is 0.333. The van der Waals surface area contributed by atoms with Crippen LogP contribution in [0, 0.1) is 10.1 Å². The van der Waals surface area contributed by atoms with Gasteiger partial charge in [-0.05, 0) is 13.8 Å². The van der Waals surface area contributed by atoms with Gasteiger partial charge in [0.1, 0.15) is 17.6 Å². The Hall–Kier alpha value is -2.44. The van der Waals surface area contributed by atoms with Crippen molar-refractivity contribution in [2.24, 2.45) is 0 Å². The molecular formula is C12H15N3O4. The van der Waals surface area contributed by atoms with Gasteiger partial charge in [0.2, 0.25) is 0 Å². The fourth-order valence-corrected chi connectivity index (χ4v) is 1.62. The van der Waals surface area contributed by atoms with E-state index in [2.05, 4.69) is 11.6 Å². The Balaban J connectivity index is 3.31. The highest BCUT2D eigenvalue weighted by molar-refractivity contribution is 5.93. The summed E-state index contributed by atoms with van der Waals surface area (Å²) in [6.45, 7) is 7.91. The van der Waals surface area contributed by atoms with Crippen LogP contribution in [0.4, 0.5) is 11.5 Å². The van der Waals surface area contributed by atoms with Crippen molar-refractivity contribution >= 4 is 17.5 Å². The highest BCUT2D eigenvalue weighted by Gasteiger charge is 2.23. The van der Waals surface area contributed by atoms with Gasteiger partial charge in [0.25, 0.3) is 0 Å². The maximum Gasteiger partial charge on any atom is 0.342 e. The molecule has 0 aliphatic rings. The number of carboxylic acid groups (broad SMARTS) is 1. The van der Waals surface area contributed by atoms with Crippen LogP contribution in [0.15, 0.2) is 24.9 Å². The van der Waals surface area contributed by atoms with E-state index in [0.717, 1.165) is 6.20 Å². The van der Waals surface area contributed by atoms with Crippen LogP contribution in [0.25, 0.3) is 0 Å². The largest absolute Gasteiger partial charge is 0.477 e. The first kappa shape index (κ1) is 14.6. The van der Waals surface area contributed by atoms with E-state index in [1.807, 2.05) is 13.8 Å². The maximum absolute atomic E-state index is 11.1. The topological polar surface area (TPSA) is 96.6 Å². The summed E-state index contributed by atoms with van der Waals surface area (Å²) in [5.41, 5.74) is -0.886. The normalized spacial score (nSPS) is 10.3. The summed E-state index contributed by atoms with van der Waals surface area (Å²) in [5, 5.41) is 19.8. The molecule has 0 aliphatic heterocycles. The molecule has 0 unspecified atom stereocenters. The number of carbonyl (C=O) groups is 1. The molecular weight excluding hydrogens is 250 g/mol. The van der Waals surface area contributed by atoms with Crippen molar-refractivity contribution in [1.82, 2.24) is 4.98 Å². The molecule has 0 fully saturated rings. The molecule has 102 valence electrons. The minimum Gasteiger partial charge on any atom is -0.477 e. The summed E-state index contributed by atoms with van der Waals surface area (Å²) in [6, 6.07) is 1.28. The van der Waals surface area contributed by atoms with Crippen molar-refractivity contribution in [2.45, 2.75) is 19.9 Å². The molecule has 1 N–H and O–H groups in total. The summed E-state index contributed by atoms with van der Waals surface area (Å²) >= 11 is 0. The van der Waals surface area contributed by atoms with Gasteiger partial charge in [-0.1, -0.05) is 6.08 Å². The Bertz CT molecular complexity index is 514. The molecule has 0 saturated heterocycles. The second kappa shape index (κ2) is 5.94. The Morgan fingerprint density at radius 1 is 1.68 bits per heavy atom. The van der Waals surface area contributed by atoms with Gasteiger partial charge >= 0.3 is 11.7 Å². The average molecular weight is 265 g/mol. The van der Waals surface area contributed by atoms with Crippen molar-refractivity contribution in [3.8, 4) is 0 Å². The zero-order chi connectivity index (χ0) is 14.6. The number of carboxylic acids is 1. The molecule has 0 atom stereocenters. The maximum atomic E-state index is 11.1.